The Morgan fingerprint density at radius 2 is 2.05 bits per heavy atom. The highest BCUT2D eigenvalue weighted by Gasteiger charge is 2.05. The van der Waals surface area contributed by atoms with Crippen LogP contribution in [-0.2, 0) is 5.75 Å². The van der Waals surface area contributed by atoms with Gasteiger partial charge in [-0.2, -0.15) is 0 Å². The lowest BCUT2D eigenvalue weighted by Gasteiger charge is -2.01. The van der Waals surface area contributed by atoms with E-state index >= 15 is 0 Å². The van der Waals surface area contributed by atoms with E-state index in [2.05, 4.69) is 69.2 Å². The van der Waals surface area contributed by atoms with Gasteiger partial charge in [-0.05, 0) is 36.2 Å². The first-order valence-electron chi connectivity index (χ1n) is 6.05. The molecule has 0 atom stereocenters. The number of aromatic amines is 1. The first-order chi connectivity index (χ1) is 9.22. The van der Waals surface area contributed by atoms with Crippen LogP contribution in [0.1, 0.15) is 11.1 Å². The van der Waals surface area contributed by atoms with E-state index in [1.54, 1.807) is 11.8 Å². The largest absolute Gasteiger partial charge is 0.333 e. The number of hydrogen-bond donors (Lipinski definition) is 1. The van der Waals surface area contributed by atoms with Gasteiger partial charge < -0.3 is 4.98 Å². The summed E-state index contributed by atoms with van der Waals surface area (Å²) in [6.07, 6.45) is 0. The Morgan fingerprint density at radius 3 is 2.89 bits per heavy atom. The number of fused-ring (bicyclic) bond motifs is 1. The fraction of sp³-hybridized carbons (Fsp3) is 0.133. The third-order valence-electron chi connectivity index (χ3n) is 2.94. The van der Waals surface area contributed by atoms with Crippen LogP contribution in [0.5, 0.6) is 0 Å². The van der Waals surface area contributed by atoms with Gasteiger partial charge in [0, 0.05) is 10.2 Å². The molecule has 0 aliphatic rings. The molecule has 0 aliphatic heterocycles. The van der Waals surface area contributed by atoms with E-state index in [9.17, 15) is 0 Å². The lowest BCUT2D eigenvalue weighted by molar-refractivity contribution is 1.08. The van der Waals surface area contributed by atoms with Gasteiger partial charge in [0.05, 0.1) is 11.0 Å². The number of halogens is 1. The minimum atomic E-state index is 0.903. The quantitative estimate of drug-likeness (QED) is 0.689. The van der Waals surface area contributed by atoms with Crippen molar-refractivity contribution in [3.8, 4) is 0 Å². The van der Waals surface area contributed by atoms with Crippen LogP contribution in [0.2, 0.25) is 0 Å². The number of aromatic nitrogens is 2. The van der Waals surface area contributed by atoms with Crippen molar-refractivity contribution in [3.63, 3.8) is 0 Å². The molecule has 0 fully saturated rings. The van der Waals surface area contributed by atoms with E-state index in [0.29, 0.717) is 0 Å². The number of imidazole rings is 1. The second-order valence-electron chi connectivity index (χ2n) is 4.44. The Balaban J connectivity index is 1.80. The molecule has 3 aromatic rings. The van der Waals surface area contributed by atoms with Gasteiger partial charge in [-0.15, -0.1) is 0 Å². The van der Waals surface area contributed by atoms with Crippen molar-refractivity contribution in [2.24, 2.45) is 0 Å². The van der Waals surface area contributed by atoms with E-state index in [1.165, 1.54) is 11.1 Å². The SMILES string of the molecule is Cc1ccc2nc(SCc3ccccc3Br)[nH]c2c1. The van der Waals surface area contributed by atoms with Crippen molar-refractivity contribution in [1.82, 2.24) is 9.97 Å². The van der Waals surface area contributed by atoms with Gasteiger partial charge in [0.15, 0.2) is 5.16 Å². The number of nitrogens with zero attached hydrogens (tertiary/aromatic N) is 1. The van der Waals surface area contributed by atoms with Gasteiger partial charge in [-0.25, -0.2) is 4.98 Å². The lowest BCUT2D eigenvalue weighted by Crippen LogP contribution is -1.83. The molecule has 1 heterocycles. The summed E-state index contributed by atoms with van der Waals surface area (Å²) in [4.78, 5) is 7.95. The van der Waals surface area contributed by atoms with Crippen LogP contribution in [0.25, 0.3) is 11.0 Å². The van der Waals surface area contributed by atoms with E-state index < -0.39 is 0 Å². The minimum Gasteiger partial charge on any atom is -0.333 e. The Hall–Kier alpha value is -1.26. The molecule has 0 saturated heterocycles. The Labute approximate surface area is 124 Å². The molecule has 0 radical (unpaired) electrons. The molecule has 0 saturated carbocycles. The van der Waals surface area contributed by atoms with Crippen LogP contribution < -0.4 is 0 Å². The molecule has 0 unspecified atom stereocenters. The highest BCUT2D eigenvalue weighted by molar-refractivity contribution is 9.10. The third kappa shape index (κ3) is 2.85. The summed E-state index contributed by atoms with van der Waals surface area (Å²) in [6, 6.07) is 14.6. The second kappa shape index (κ2) is 5.39. The molecule has 96 valence electrons. The van der Waals surface area contributed by atoms with Crippen molar-refractivity contribution in [1.29, 1.82) is 0 Å². The van der Waals surface area contributed by atoms with Gasteiger partial charge in [0.25, 0.3) is 0 Å². The first-order valence-corrected chi connectivity index (χ1v) is 7.83. The van der Waals surface area contributed by atoms with Crippen LogP contribution in [0, 0.1) is 6.92 Å². The molecule has 0 bridgehead atoms. The molecular weight excluding hydrogens is 320 g/mol. The summed E-state index contributed by atoms with van der Waals surface area (Å²) in [7, 11) is 0. The molecule has 0 amide bonds. The second-order valence-corrected chi connectivity index (χ2v) is 6.26. The maximum atomic E-state index is 4.59. The highest BCUT2D eigenvalue weighted by atomic mass is 79.9. The monoisotopic (exact) mass is 332 g/mol. The Morgan fingerprint density at radius 1 is 1.21 bits per heavy atom. The van der Waals surface area contributed by atoms with Crippen LogP contribution in [0.4, 0.5) is 0 Å². The number of aryl methyl sites for hydroxylation is 1. The summed E-state index contributed by atoms with van der Waals surface area (Å²) < 4.78 is 1.15. The summed E-state index contributed by atoms with van der Waals surface area (Å²) in [5.74, 6) is 0.903. The van der Waals surface area contributed by atoms with Crippen molar-refractivity contribution >= 4 is 38.7 Å². The molecule has 2 nitrogen and oxygen atoms in total. The Bertz CT molecular complexity index is 721. The standard InChI is InChI=1S/C15H13BrN2S/c1-10-6-7-13-14(8-10)18-15(17-13)19-9-11-4-2-3-5-12(11)16/h2-8H,9H2,1H3,(H,17,18). The molecule has 1 N–H and O–H groups in total. The van der Waals surface area contributed by atoms with Gasteiger partial charge in [-0.1, -0.05) is 52.0 Å². The number of hydrogen-bond acceptors (Lipinski definition) is 2. The zero-order chi connectivity index (χ0) is 13.2. The van der Waals surface area contributed by atoms with Gasteiger partial charge in [0.2, 0.25) is 0 Å². The third-order valence-corrected chi connectivity index (χ3v) is 4.63. The van der Waals surface area contributed by atoms with Gasteiger partial charge in [0.1, 0.15) is 0 Å². The molecule has 1 aromatic heterocycles. The van der Waals surface area contributed by atoms with Crippen LogP contribution in [-0.4, -0.2) is 9.97 Å². The van der Waals surface area contributed by atoms with Crippen molar-refractivity contribution < 1.29 is 0 Å². The predicted octanol–water partition coefficient (Wildman–Crippen LogP) is 4.93. The fourth-order valence-electron chi connectivity index (χ4n) is 1.93. The summed E-state index contributed by atoms with van der Waals surface area (Å²) in [5, 5.41) is 0.969. The number of H-pyrrole nitrogens is 1. The Kier molecular flexibility index (Phi) is 3.62. The minimum absolute atomic E-state index is 0.903. The highest BCUT2D eigenvalue weighted by Crippen LogP contribution is 2.26. The zero-order valence-corrected chi connectivity index (χ0v) is 12.9. The molecule has 19 heavy (non-hydrogen) atoms. The van der Waals surface area contributed by atoms with Crippen molar-refractivity contribution in [2.75, 3.05) is 0 Å². The molecule has 0 spiro atoms. The molecule has 2 aromatic carbocycles. The summed E-state index contributed by atoms with van der Waals surface area (Å²) in [5.41, 5.74) is 4.66. The van der Waals surface area contributed by atoms with E-state index in [0.717, 1.165) is 26.4 Å². The van der Waals surface area contributed by atoms with Crippen molar-refractivity contribution in [2.45, 2.75) is 17.8 Å². The number of nitrogens with one attached hydrogen (secondary N) is 1. The first kappa shape index (κ1) is 12.8. The normalized spacial score (nSPS) is 11.1. The molecule has 3 rings (SSSR count). The topological polar surface area (TPSA) is 28.7 Å². The maximum absolute atomic E-state index is 4.59. The number of thioether (sulfide) groups is 1. The fourth-order valence-corrected chi connectivity index (χ4v) is 3.43. The summed E-state index contributed by atoms with van der Waals surface area (Å²) in [6.45, 7) is 2.09. The lowest BCUT2D eigenvalue weighted by atomic mass is 10.2. The van der Waals surface area contributed by atoms with Crippen LogP contribution in [0.3, 0.4) is 0 Å². The van der Waals surface area contributed by atoms with E-state index in [-0.39, 0.29) is 0 Å². The van der Waals surface area contributed by atoms with Crippen LogP contribution in [0.15, 0.2) is 52.1 Å². The smallest absolute Gasteiger partial charge is 0.166 e. The predicted molar refractivity (Wildman–Crippen MR) is 84.5 cm³/mol. The van der Waals surface area contributed by atoms with Crippen molar-refractivity contribution in [3.05, 3.63) is 58.1 Å². The zero-order valence-electron chi connectivity index (χ0n) is 10.5. The molecule has 4 heteroatoms. The average molecular weight is 333 g/mol. The average Bonchev–Trinajstić information content (AvgIpc) is 2.79. The van der Waals surface area contributed by atoms with Crippen LogP contribution >= 0.6 is 27.7 Å². The maximum Gasteiger partial charge on any atom is 0.166 e. The van der Waals surface area contributed by atoms with Gasteiger partial charge in [-0.3, -0.25) is 0 Å². The summed E-state index contributed by atoms with van der Waals surface area (Å²) >= 11 is 5.29. The number of benzene rings is 2. The van der Waals surface area contributed by atoms with E-state index in [1.807, 2.05) is 6.07 Å². The van der Waals surface area contributed by atoms with E-state index in [4.69, 9.17) is 0 Å². The number of rotatable bonds is 3. The van der Waals surface area contributed by atoms with Gasteiger partial charge >= 0.3 is 0 Å². The molecule has 0 aliphatic carbocycles. The molecular formula is C15H13BrN2S.